The molecular formula is C14H19N3O3. The largest absolute Gasteiger partial charge is 0.444 e. The topological polar surface area (TPSA) is 84.7 Å². The summed E-state index contributed by atoms with van der Waals surface area (Å²) < 4.78 is 5.34. The van der Waals surface area contributed by atoms with Crippen LogP contribution in [0.25, 0.3) is 0 Å². The van der Waals surface area contributed by atoms with E-state index in [9.17, 15) is 9.59 Å². The van der Waals surface area contributed by atoms with Gasteiger partial charge >= 0.3 is 6.09 Å². The molecule has 1 heterocycles. The zero-order valence-corrected chi connectivity index (χ0v) is 11.8. The van der Waals surface area contributed by atoms with E-state index in [0.717, 1.165) is 11.1 Å². The Hall–Kier alpha value is -2.08. The molecule has 0 saturated carbocycles. The summed E-state index contributed by atoms with van der Waals surface area (Å²) in [6.45, 7) is 5.69. The zero-order chi connectivity index (χ0) is 14.9. The second-order valence-corrected chi connectivity index (χ2v) is 5.72. The Balaban J connectivity index is 2.31. The van der Waals surface area contributed by atoms with Crippen LogP contribution < -0.4 is 11.3 Å². The number of rotatable bonds is 1. The third-order valence-electron chi connectivity index (χ3n) is 3.02. The van der Waals surface area contributed by atoms with Gasteiger partial charge in [-0.25, -0.2) is 10.6 Å². The lowest BCUT2D eigenvalue weighted by atomic mass is 10.0. The van der Waals surface area contributed by atoms with E-state index in [1.807, 2.05) is 24.3 Å². The lowest BCUT2D eigenvalue weighted by Gasteiger charge is -2.27. The molecule has 2 rings (SSSR count). The molecule has 0 radical (unpaired) electrons. The molecule has 108 valence electrons. The van der Waals surface area contributed by atoms with E-state index in [0.29, 0.717) is 6.54 Å². The van der Waals surface area contributed by atoms with Crippen LogP contribution in [0, 0.1) is 0 Å². The first-order valence-corrected chi connectivity index (χ1v) is 6.41. The standard InChI is InChI=1S/C14H19N3O3/c1-14(2,3)20-13(19)17-8-9-6-4-5-7-10(9)11(17)12(18)16-15/h4-7,11H,8,15H2,1-3H3,(H,16,18). The molecule has 3 N–H and O–H groups in total. The van der Waals surface area contributed by atoms with Gasteiger partial charge in [0.15, 0.2) is 0 Å². The van der Waals surface area contributed by atoms with Gasteiger partial charge in [-0.2, -0.15) is 0 Å². The molecule has 1 atom stereocenters. The highest BCUT2D eigenvalue weighted by Gasteiger charge is 2.39. The zero-order valence-electron chi connectivity index (χ0n) is 11.8. The second-order valence-electron chi connectivity index (χ2n) is 5.72. The SMILES string of the molecule is CC(C)(C)OC(=O)N1Cc2ccccc2C1C(=O)NN. The van der Waals surface area contributed by atoms with Crippen molar-refractivity contribution in [2.24, 2.45) is 5.84 Å². The van der Waals surface area contributed by atoms with Crippen molar-refractivity contribution in [3.8, 4) is 0 Å². The number of ether oxygens (including phenoxy) is 1. The van der Waals surface area contributed by atoms with Gasteiger partial charge in [-0.3, -0.25) is 15.1 Å². The van der Waals surface area contributed by atoms with E-state index in [-0.39, 0.29) is 0 Å². The van der Waals surface area contributed by atoms with Crippen molar-refractivity contribution in [1.82, 2.24) is 10.3 Å². The fourth-order valence-corrected chi connectivity index (χ4v) is 2.24. The van der Waals surface area contributed by atoms with Crippen molar-refractivity contribution < 1.29 is 14.3 Å². The van der Waals surface area contributed by atoms with Gasteiger partial charge in [-0.1, -0.05) is 24.3 Å². The van der Waals surface area contributed by atoms with Crippen LogP contribution in [-0.4, -0.2) is 22.5 Å². The number of benzene rings is 1. The summed E-state index contributed by atoms with van der Waals surface area (Å²) in [6.07, 6.45) is -0.526. The van der Waals surface area contributed by atoms with Gasteiger partial charge in [0.25, 0.3) is 5.91 Å². The molecule has 1 unspecified atom stereocenters. The van der Waals surface area contributed by atoms with Gasteiger partial charge in [0.1, 0.15) is 11.6 Å². The van der Waals surface area contributed by atoms with Crippen molar-refractivity contribution in [2.45, 2.75) is 39.0 Å². The number of carbonyl (C=O) groups excluding carboxylic acids is 2. The Kier molecular flexibility index (Phi) is 3.67. The van der Waals surface area contributed by atoms with E-state index in [1.54, 1.807) is 20.8 Å². The fraction of sp³-hybridized carbons (Fsp3) is 0.429. The fourth-order valence-electron chi connectivity index (χ4n) is 2.24. The maximum absolute atomic E-state index is 12.2. The van der Waals surface area contributed by atoms with Gasteiger partial charge in [0.2, 0.25) is 0 Å². The molecule has 6 heteroatoms. The molecule has 0 bridgehead atoms. The summed E-state index contributed by atoms with van der Waals surface area (Å²) in [4.78, 5) is 25.6. The quantitative estimate of drug-likeness (QED) is 0.462. The molecule has 0 spiro atoms. The highest BCUT2D eigenvalue weighted by molar-refractivity contribution is 5.88. The molecule has 6 nitrogen and oxygen atoms in total. The van der Waals surface area contributed by atoms with Crippen LogP contribution in [0.1, 0.15) is 37.9 Å². The monoisotopic (exact) mass is 277 g/mol. The first-order valence-electron chi connectivity index (χ1n) is 6.41. The summed E-state index contributed by atoms with van der Waals surface area (Å²) in [5.41, 5.74) is 3.19. The van der Waals surface area contributed by atoms with Crippen LogP contribution in [0.4, 0.5) is 4.79 Å². The van der Waals surface area contributed by atoms with Gasteiger partial charge < -0.3 is 4.74 Å². The molecule has 1 aromatic rings. The number of amides is 2. The number of nitrogens with one attached hydrogen (secondary N) is 1. The average Bonchev–Trinajstić information content (AvgIpc) is 2.75. The van der Waals surface area contributed by atoms with E-state index in [4.69, 9.17) is 10.6 Å². The van der Waals surface area contributed by atoms with Crippen molar-refractivity contribution in [3.05, 3.63) is 35.4 Å². The number of hydrazine groups is 1. The van der Waals surface area contributed by atoms with Gasteiger partial charge in [-0.15, -0.1) is 0 Å². The molecule has 0 aromatic heterocycles. The van der Waals surface area contributed by atoms with Crippen LogP contribution in [-0.2, 0) is 16.1 Å². The number of fused-ring (bicyclic) bond motifs is 1. The van der Waals surface area contributed by atoms with Crippen molar-refractivity contribution >= 4 is 12.0 Å². The van der Waals surface area contributed by atoms with Crippen LogP contribution in [0.5, 0.6) is 0 Å². The minimum atomic E-state index is -0.744. The Bertz CT molecular complexity index is 537. The van der Waals surface area contributed by atoms with Crippen LogP contribution in [0.3, 0.4) is 0 Å². The lowest BCUT2D eigenvalue weighted by molar-refractivity contribution is -0.126. The van der Waals surface area contributed by atoms with E-state index in [1.165, 1.54) is 4.90 Å². The Labute approximate surface area is 117 Å². The Morgan fingerprint density at radius 1 is 1.35 bits per heavy atom. The van der Waals surface area contributed by atoms with E-state index >= 15 is 0 Å². The number of nitrogens with two attached hydrogens (primary N) is 1. The molecule has 1 aliphatic heterocycles. The molecule has 0 aliphatic carbocycles. The first kappa shape index (κ1) is 14.3. The number of hydrogen-bond acceptors (Lipinski definition) is 4. The summed E-state index contributed by atoms with van der Waals surface area (Å²) in [7, 11) is 0. The molecule has 0 fully saturated rings. The predicted molar refractivity (Wildman–Crippen MR) is 73.3 cm³/mol. The third-order valence-corrected chi connectivity index (χ3v) is 3.02. The van der Waals surface area contributed by atoms with Crippen molar-refractivity contribution in [2.75, 3.05) is 0 Å². The van der Waals surface area contributed by atoms with E-state index < -0.39 is 23.6 Å². The third kappa shape index (κ3) is 2.75. The summed E-state index contributed by atoms with van der Waals surface area (Å²) in [6, 6.07) is 6.66. The normalized spacial score (nSPS) is 17.6. The minimum Gasteiger partial charge on any atom is -0.444 e. The van der Waals surface area contributed by atoms with Crippen molar-refractivity contribution in [3.63, 3.8) is 0 Å². The molecule has 1 aromatic carbocycles. The Morgan fingerprint density at radius 2 is 2.00 bits per heavy atom. The van der Waals surface area contributed by atoms with Crippen LogP contribution >= 0.6 is 0 Å². The van der Waals surface area contributed by atoms with Crippen molar-refractivity contribution in [1.29, 1.82) is 0 Å². The molecular weight excluding hydrogens is 258 g/mol. The lowest BCUT2D eigenvalue weighted by Crippen LogP contribution is -2.44. The van der Waals surface area contributed by atoms with Crippen LogP contribution in [0.2, 0.25) is 0 Å². The minimum absolute atomic E-state index is 0.336. The first-order chi connectivity index (χ1) is 9.33. The van der Waals surface area contributed by atoms with Gasteiger partial charge in [0.05, 0.1) is 6.54 Å². The maximum atomic E-state index is 12.2. The highest BCUT2D eigenvalue weighted by atomic mass is 16.6. The molecule has 2 amide bonds. The summed E-state index contributed by atoms with van der Waals surface area (Å²) >= 11 is 0. The summed E-state index contributed by atoms with van der Waals surface area (Å²) in [5, 5.41) is 0. The predicted octanol–water partition coefficient (Wildman–Crippen LogP) is 1.47. The smallest absolute Gasteiger partial charge is 0.411 e. The maximum Gasteiger partial charge on any atom is 0.411 e. The Morgan fingerprint density at radius 3 is 2.60 bits per heavy atom. The second kappa shape index (κ2) is 5.13. The number of nitrogens with zero attached hydrogens (tertiary/aromatic N) is 1. The van der Waals surface area contributed by atoms with E-state index in [2.05, 4.69) is 5.43 Å². The van der Waals surface area contributed by atoms with Crippen LogP contribution in [0.15, 0.2) is 24.3 Å². The highest BCUT2D eigenvalue weighted by Crippen LogP contribution is 2.34. The summed E-state index contributed by atoms with van der Waals surface area (Å²) in [5.74, 6) is 4.79. The van der Waals surface area contributed by atoms with Gasteiger partial charge in [-0.05, 0) is 31.9 Å². The molecule has 1 aliphatic rings. The molecule has 0 saturated heterocycles. The molecule has 20 heavy (non-hydrogen) atoms. The van der Waals surface area contributed by atoms with Gasteiger partial charge in [0, 0.05) is 0 Å². The number of carbonyl (C=O) groups is 2. The average molecular weight is 277 g/mol. The number of hydrogen-bond donors (Lipinski definition) is 2.